The van der Waals surface area contributed by atoms with Crippen molar-refractivity contribution in [1.29, 1.82) is 0 Å². The van der Waals surface area contributed by atoms with Gasteiger partial charge >= 0.3 is 0 Å². The van der Waals surface area contributed by atoms with E-state index in [1.807, 2.05) is 19.1 Å². The van der Waals surface area contributed by atoms with Gasteiger partial charge in [-0.05, 0) is 24.0 Å². The third kappa shape index (κ3) is 2.23. The van der Waals surface area contributed by atoms with Crippen LogP contribution in [-0.2, 0) is 24.9 Å². The van der Waals surface area contributed by atoms with Gasteiger partial charge in [0, 0.05) is 6.42 Å². The molecule has 2 aromatic rings. The van der Waals surface area contributed by atoms with Gasteiger partial charge in [0.05, 0.1) is 18.7 Å². The zero-order chi connectivity index (χ0) is 14.0. The van der Waals surface area contributed by atoms with E-state index >= 15 is 0 Å². The molecule has 0 bridgehead atoms. The Balaban J connectivity index is 1.78. The van der Waals surface area contributed by atoms with E-state index in [9.17, 15) is 5.11 Å². The molecule has 1 aromatic carbocycles. The Hall–Kier alpha value is -1.72. The molecule has 106 valence electrons. The third-order valence-corrected chi connectivity index (χ3v) is 4.01. The van der Waals surface area contributed by atoms with Crippen LogP contribution in [0.2, 0.25) is 0 Å². The fourth-order valence-corrected chi connectivity index (χ4v) is 2.84. The zero-order valence-electron chi connectivity index (χ0n) is 11.6. The Kier molecular flexibility index (Phi) is 3.54. The summed E-state index contributed by atoms with van der Waals surface area (Å²) in [6.45, 7) is 2.52. The number of aromatic nitrogens is 2. The summed E-state index contributed by atoms with van der Waals surface area (Å²) in [5.74, 6) is 1.21. The molecule has 20 heavy (non-hydrogen) atoms. The highest BCUT2D eigenvalue weighted by atomic mass is 16.4. The molecule has 0 radical (unpaired) electrons. The van der Waals surface area contributed by atoms with Crippen molar-refractivity contribution in [2.45, 2.75) is 38.3 Å². The molecule has 1 unspecified atom stereocenters. The van der Waals surface area contributed by atoms with Crippen LogP contribution < -0.4 is 5.32 Å². The van der Waals surface area contributed by atoms with Gasteiger partial charge in [-0.25, -0.2) is 0 Å². The minimum atomic E-state index is -0.391. The van der Waals surface area contributed by atoms with Crippen molar-refractivity contribution in [3.63, 3.8) is 0 Å². The molecule has 0 fully saturated rings. The summed E-state index contributed by atoms with van der Waals surface area (Å²) >= 11 is 0. The van der Waals surface area contributed by atoms with Gasteiger partial charge in [-0.15, -0.1) is 10.2 Å². The molecule has 1 aliphatic carbocycles. The van der Waals surface area contributed by atoms with Crippen molar-refractivity contribution < 1.29 is 9.52 Å². The normalized spacial score (nSPS) is 21.1. The van der Waals surface area contributed by atoms with E-state index in [2.05, 4.69) is 27.6 Å². The smallest absolute Gasteiger partial charge is 0.230 e. The van der Waals surface area contributed by atoms with Crippen LogP contribution in [0.5, 0.6) is 0 Å². The highest BCUT2D eigenvalue weighted by Crippen LogP contribution is 2.36. The summed E-state index contributed by atoms with van der Waals surface area (Å²) < 4.78 is 5.50. The van der Waals surface area contributed by atoms with Crippen LogP contribution in [0.3, 0.4) is 0 Å². The average Bonchev–Trinajstić information content (AvgIpc) is 3.10. The largest absolute Gasteiger partial charge is 0.424 e. The Morgan fingerprint density at radius 2 is 2.10 bits per heavy atom. The second kappa shape index (κ2) is 5.34. The topological polar surface area (TPSA) is 71.2 Å². The van der Waals surface area contributed by atoms with E-state index in [0.717, 1.165) is 19.3 Å². The molecule has 3 rings (SSSR count). The first kappa shape index (κ1) is 13.3. The van der Waals surface area contributed by atoms with E-state index in [1.54, 1.807) is 0 Å². The number of benzene rings is 1. The molecule has 5 heteroatoms. The molecule has 1 heterocycles. The molecular formula is C15H19N3O2. The maximum atomic E-state index is 9.86. The van der Waals surface area contributed by atoms with Crippen molar-refractivity contribution in [3.05, 3.63) is 47.2 Å². The molecule has 0 saturated carbocycles. The first-order valence-electron chi connectivity index (χ1n) is 7.03. The fourth-order valence-electron chi connectivity index (χ4n) is 2.84. The Labute approximate surface area is 118 Å². The maximum Gasteiger partial charge on any atom is 0.230 e. The number of aliphatic hydroxyl groups excluding tert-OH is 1. The fraction of sp³-hybridized carbons (Fsp3) is 0.467. The van der Waals surface area contributed by atoms with Crippen LogP contribution in [0.1, 0.15) is 36.3 Å². The summed E-state index contributed by atoms with van der Waals surface area (Å²) in [6, 6.07) is 8.25. The summed E-state index contributed by atoms with van der Waals surface area (Å²) in [7, 11) is 0. The number of rotatable bonds is 5. The van der Waals surface area contributed by atoms with Crippen LogP contribution in [0.25, 0.3) is 0 Å². The predicted octanol–water partition coefficient (Wildman–Crippen LogP) is 1.56. The van der Waals surface area contributed by atoms with E-state index in [1.165, 1.54) is 11.1 Å². The lowest BCUT2D eigenvalue weighted by Crippen LogP contribution is -2.43. The predicted molar refractivity (Wildman–Crippen MR) is 74.0 cm³/mol. The van der Waals surface area contributed by atoms with Crippen LogP contribution in [0.4, 0.5) is 0 Å². The molecule has 0 aliphatic heterocycles. The van der Waals surface area contributed by atoms with Gasteiger partial charge in [0.25, 0.3) is 0 Å². The number of nitrogens with zero attached hydrogens (tertiary/aromatic N) is 2. The zero-order valence-corrected chi connectivity index (χ0v) is 11.6. The van der Waals surface area contributed by atoms with Crippen LogP contribution >= 0.6 is 0 Å². The van der Waals surface area contributed by atoms with Crippen molar-refractivity contribution in [2.75, 3.05) is 6.61 Å². The molecule has 2 N–H and O–H groups in total. The van der Waals surface area contributed by atoms with Gasteiger partial charge in [-0.1, -0.05) is 31.2 Å². The van der Waals surface area contributed by atoms with Gasteiger partial charge < -0.3 is 9.52 Å². The molecule has 5 nitrogen and oxygen atoms in total. The van der Waals surface area contributed by atoms with Gasteiger partial charge in [0.2, 0.25) is 11.8 Å². The van der Waals surface area contributed by atoms with Crippen molar-refractivity contribution in [2.24, 2.45) is 0 Å². The first-order chi connectivity index (χ1) is 9.77. The minimum Gasteiger partial charge on any atom is -0.424 e. The lowest BCUT2D eigenvalue weighted by Gasteiger charge is -2.29. The summed E-state index contributed by atoms with van der Waals surface area (Å²) in [4.78, 5) is 0. The molecule has 0 spiro atoms. The molecule has 1 aromatic heterocycles. The second-order valence-corrected chi connectivity index (χ2v) is 5.19. The molecule has 0 saturated heterocycles. The molecular weight excluding hydrogens is 254 g/mol. The third-order valence-electron chi connectivity index (χ3n) is 4.01. The molecule has 1 aliphatic rings. The number of fused-ring (bicyclic) bond motifs is 1. The van der Waals surface area contributed by atoms with Crippen LogP contribution in [0.15, 0.2) is 28.7 Å². The highest BCUT2D eigenvalue weighted by Gasteiger charge is 2.37. The Morgan fingerprint density at radius 3 is 2.85 bits per heavy atom. The quantitative estimate of drug-likeness (QED) is 0.865. The number of aryl methyl sites for hydroxylation is 2. The Morgan fingerprint density at radius 1 is 1.30 bits per heavy atom. The summed E-state index contributed by atoms with van der Waals surface area (Å²) in [5.41, 5.74) is 2.09. The first-order valence-corrected chi connectivity index (χ1v) is 7.03. The van der Waals surface area contributed by atoms with Crippen molar-refractivity contribution >= 4 is 0 Å². The van der Waals surface area contributed by atoms with Crippen molar-refractivity contribution in [3.8, 4) is 0 Å². The van der Waals surface area contributed by atoms with E-state index in [4.69, 9.17) is 4.42 Å². The van der Waals surface area contributed by atoms with Gasteiger partial charge in [-0.3, -0.25) is 5.32 Å². The highest BCUT2D eigenvalue weighted by molar-refractivity contribution is 5.38. The Bertz CT molecular complexity index is 596. The van der Waals surface area contributed by atoms with Gasteiger partial charge in [0.1, 0.15) is 0 Å². The van der Waals surface area contributed by atoms with E-state index in [-0.39, 0.29) is 6.61 Å². The van der Waals surface area contributed by atoms with Gasteiger partial charge in [-0.2, -0.15) is 0 Å². The lowest BCUT2D eigenvalue weighted by molar-refractivity contribution is 0.155. The number of hydrogen-bond acceptors (Lipinski definition) is 5. The van der Waals surface area contributed by atoms with Gasteiger partial charge in [0.15, 0.2) is 0 Å². The maximum absolute atomic E-state index is 9.86. The van der Waals surface area contributed by atoms with Crippen LogP contribution in [0, 0.1) is 0 Å². The molecule has 1 atom stereocenters. The summed E-state index contributed by atoms with van der Waals surface area (Å²) in [5, 5.41) is 21.2. The van der Waals surface area contributed by atoms with Crippen molar-refractivity contribution in [1.82, 2.24) is 15.5 Å². The monoisotopic (exact) mass is 273 g/mol. The number of hydrogen-bond donors (Lipinski definition) is 2. The second-order valence-electron chi connectivity index (χ2n) is 5.19. The SMILES string of the molecule is CCc1nnc(CNC2(CO)CCc3ccccc32)o1. The average molecular weight is 273 g/mol. The van der Waals surface area contributed by atoms with E-state index in [0.29, 0.717) is 18.3 Å². The number of nitrogens with one attached hydrogen (secondary N) is 1. The summed E-state index contributed by atoms with van der Waals surface area (Å²) in [6.07, 6.45) is 2.60. The number of aliphatic hydroxyl groups is 1. The molecule has 0 amide bonds. The standard InChI is InChI=1S/C15H19N3O2/c1-2-13-17-18-14(20-13)9-16-15(10-19)8-7-11-5-3-4-6-12(11)15/h3-6,16,19H,2,7-10H2,1H3. The minimum absolute atomic E-state index is 0.0682. The van der Waals surface area contributed by atoms with Crippen LogP contribution in [-0.4, -0.2) is 21.9 Å². The van der Waals surface area contributed by atoms with E-state index < -0.39 is 5.54 Å². The lowest BCUT2D eigenvalue weighted by atomic mass is 9.92.